The molecule has 1 aromatic heterocycles. The van der Waals surface area contributed by atoms with Crippen molar-refractivity contribution in [3.05, 3.63) is 51.7 Å². The molecule has 0 aliphatic rings. The summed E-state index contributed by atoms with van der Waals surface area (Å²) in [5, 5.41) is 3.06. The van der Waals surface area contributed by atoms with E-state index in [2.05, 4.69) is 26.2 Å². The molecule has 0 atom stereocenters. The first-order chi connectivity index (χ1) is 9.11. The van der Waals surface area contributed by atoms with Gasteiger partial charge in [-0.05, 0) is 34.1 Å². The lowest BCUT2D eigenvalue weighted by Gasteiger charge is -2.09. The summed E-state index contributed by atoms with van der Waals surface area (Å²) < 4.78 is 5.98. The number of methoxy groups -OCH3 is 1. The van der Waals surface area contributed by atoms with Gasteiger partial charge in [0.25, 0.3) is 5.91 Å². The van der Waals surface area contributed by atoms with Crippen LogP contribution < -0.4 is 10.1 Å². The van der Waals surface area contributed by atoms with Crippen LogP contribution in [0.15, 0.2) is 41.1 Å². The predicted molar refractivity (Wildman–Crippen MR) is 77.9 cm³/mol. The molecule has 0 unspecified atom stereocenters. The Labute approximate surface area is 123 Å². The van der Waals surface area contributed by atoms with Crippen LogP contribution in [0, 0.1) is 0 Å². The van der Waals surface area contributed by atoms with Gasteiger partial charge in [-0.25, -0.2) is 0 Å². The van der Waals surface area contributed by atoms with E-state index in [0.717, 1.165) is 4.47 Å². The summed E-state index contributed by atoms with van der Waals surface area (Å²) in [6, 6.07) is 6.84. The number of carbonyl (C=O) groups is 1. The molecule has 6 heteroatoms. The van der Waals surface area contributed by atoms with Crippen molar-refractivity contribution in [2.75, 3.05) is 12.4 Å². The van der Waals surface area contributed by atoms with E-state index < -0.39 is 0 Å². The summed E-state index contributed by atoms with van der Waals surface area (Å²) >= 11 is 9.26. The lowest BCUT2D eigenvalue weighted by atomic mass is 10.2. The highest BCUT2D eigenvalue weighted by atomic mass is 79.9. The van der Waals surface area contributed by atoms with Crippen LogP contribution in [0.5, 0.6) is 5.75 Å². The van der Waals surface area contributed by atoms with Crippen LogP contribution in [0.4, 0.5) is 5.69 Å². The molecular weight excluding hydrogens is 332 g/mol. The Morgan fingerprint density at radius 3 is 2.89 bits per heavy atom. The van der Waals surface area contributed by atoms with Crippen LogP contribution in [0.1, 0.15) is 10.4 Å². The molecule has 0 saturated carbocycles. The van der Waals surface area contributed by atoms with E-state index in [-0.39, 0.29) is 5.91 Å². The number of nitrogens with one attached hydrogen (secondary N) is 1. The Kier molecular flexibility index (Phi) is 4.39. The van der Waals surface area contributed by atoms with Gasteiger partial charge in [-0.1, -0.05) is 11.6 Å². The van der Waals surface area contributed by atoms with Crippen LogP contribution in [0.3, 0.4) is 0 Å². The van der Waals surface area contributed by atoms with E-state index in [1.807, 2.05) is 0 Å². The molecular formula is C13H10BrClN2O2. The molecule has 1 aromatic carbocycles. The van der Waals surface area contributed by atoms with Crippen molar-refractivity contribution in [2.24, 2.45) is 0 Å². The number of nitrogens with zero attached hydrogens (tertiary/aromatic N) is 1. The maximum Gasteiger partial charge on any atom is 0.257 e. The topological polar surface area (TPSA) is 51.2 Å². The van der Waals surface area contributed by atoms with Crippen molar-refractivity contribution in [1.82, 2.24) is 4.98 Å². The van der Waals surface area contributed by atoms with Gasteiger partial charge in [-0.2, -0.15) is 0 Å². The highest BCUT2D eigenvalue weighted by Gasteiger charge is 2.11. The van der Waals surface area contributed by atoms with Gasteiger partial charge in [-0.15, -0.1) is 0 Å². The molecule has 0 fully saturated rings. The fraction of sp³-hybridized carbons (Fsp3) is 0.0769. The van der Waals surface area contributed by atoms with Crippen LogP contribution in [-0.2, 0) is 0 Å². The number of hydrogen-bond acceptors (Lipinski definition) is 3. The van der Waals surface area contributed by atoms with Crippen molar-refractivity contribution in [2.45, 2.75) is 0 Å². The third kappa shape index (κ3) is 3.24. The normalized spacial score (nSPS) is 10.1. The molecule has 1 heterocycles. The number of halogens is 2. The summed E-state index contributed by atoms with van der Waals surface area (Å²) in [6.07, 6.45) is 2.95. The van der Waals surface area contributed by atoms with Gasteiger partial charge in [0.1, 0.15) is 5.75 Å². The Hall–Kier alpha value is -1.59. The van der Waals surface area contributed by atoms with Crippen LogP contribution in [0.25, 0.3) is 0 Å². The molecule has 4 nitrogen and oxygen atoms in total. The Morgan fingerprint density at radius 1 is 1.42 bits per heavy atom. The van der Waals surface area contributed by atoms with Crippen molar-refractivity contribution >= 4 is 39.1 Å². The highest BCUT2D eigenvalue weighted by Crippen LogP contribution is 2.28. The molecule has 19 heavy (non-hydrogen) atoms. The molecule has 0 saturated heterocycles. The number of amides is 1. The highest BCUT2D eigenvalue weighted by molar-refractivity contribution is 9.10. The second-order valence-electron chi connectivity index (χ2n) is 3.66. The minimum absolute atomic E-state index is 0.295. The van der Waals surface area contributed by atoms with E-state index in [1.54, 1.807) is 31.4 Å². The molecule has 0 aliphatic heterocycles. The van der Waals surface area contributed by atoms with E-state index >= 15 is 0 Å². The number of aromatic nitrogens is 1. The van der Waals surface area contributed by atoms with Gasteiger partial charge in [0.05, 0.1) is 22.2 Å². The first-order valence-electron chi connectivity index (χ1n) is 5.36. The quantitative estimate of drug-likeness (QED) is 0.925. The largest absolute Gasteiger partial charge is 0.495 e. The lowest BCUT2D eigenvalue weighted by molar-refractivity contribution is 0.102. The smallest absolute Gasteiger partial charge is 0.257 e. The lowest BCUT2D eigenvalue weighted by Crippen LogP contribution is -2.12. The number of anilines is 1. The SMILES string of the molecule is COc1cc(NC(=O)c2ccncc2Cl)ccc1Br. The summed E-state index contributed by atoms with van der Waals surface area (Å²) in [5.74, 6) is 0.343. The zero-order valence-corrected chi connectivity index (χ0v) is 12.3. The Bertz CT molecular complexity index is 619. The van der Waals surface area contributed by atoms with Gasteiger partial charge >= 0.3 is 0 Å². The molecule has 0 spiro atoms. The third-order valence-electron chi connectivity index (χ3n) is 2.43. The number of pyridine rings is 1. The van der Waals surface area contributed by atoms with Gasteiger partial charge in [0, 0.05) is 24.1 Å². The van der Waals surface area contributed by atoms with Crippen LogP contribution >= 0.6 is 27.5 Å². The summed E-state index contributed by atoms with van der Waals surface area (Å²) in [4.78, 5) is 15.9. The second kappa shape index (κ2) is 6.04. The maximum atomic E-state index is 12.0. The predicted octanol–water partition coefficient (Wildman–Crippen LogP) is 3.76. The van der Waals surface area contributed by atoms with E-state index in [4.69, 9.17) is 16.3 Å². The summed E-state index contributed by atoms with van der Waals surface area (Å²) in [5.41, 5.74) is 0.997. The average Bonchev–Trinajstić information content (AvgIpc) is 2.41. The minimum Gasteiger partial charge on any atom is -0.495 e. The van der Waals surface area contributed by atoms with Crippen molar-refractivity contribution in [3.63, 3.8) is 0 Å². The van der Waals surface area contributed by atoms with Gasteiger partial charge in [-0.3, -0.25) is 9.78 Å². The molecule has 98 valence electrons. The number of carbonyl (C=O) groups excluding carboxylic acids is 1. The number of benzene rings is 1. The number of hydrogen-bond donors (Lipinski definition) is 1. The summed E-state index contributed by atoms with van der Waals surface area (Å²) in [7, 11) is 1.56. The zero-order chi connectivity index (χ0) is 13.8. The second-order valence-corrected chi connectivity index (χ2v) is 4.92. The van der Waals surface area contributed by atoms with Crippen LogP contribution in [-0.4, -0.2) is 18.0 Å². The Morgan fingerprint density at radius 2 is 2.21 bits per heavy atom. The standard InChI is InChI=1S/C13H10BrClN2O2/c1-19-12-6-8(2-3-10(12)14)17-13(18)9-4-5-16-7-11(9)15/h2-7H,1H3,(H,17,18). The first kappa shape index (κ1) is 13.8. The van der Waals surface area contributed by atoms with Crippen molar-refractivity contribution < 1.29 is 9.53 Å². The van der Waals surface area contributed by atoms with Crippen LogP contribution in [0.2, 0.25) is 5.02 Å². The molecule has 2 rings (SSSR count). The molecule has 0 bridgehead atoms. The number of ether oxygens (including phenoxy) is 1. The third-order valence-corrected chi connectivity index (χ3v) is 3.38. The van der Waals surface area contributed by atoms with Gasteiger partial charge in [0.2, 0.25) is 0 Å². The summed E-state index contributed by atoms with van der Waals surface area (Å²) in [6.45, 7) is 0. The molecule has 0 radical (unpaired) electrons. The molecule has 1 amide bonds. The molecule has 0 aliphatic carbocycles. The van der Waals surface area contributed by atoms with Gasteiger partial charge < -0.3 is 10.1 Å². The monoisotopic (exact) mass is 340 g/mol. The van der Waals surface area contributed by atoms with E-state index in [9.17, 15) is 4.79 Å². The molecule has 1 N–H and O–H groups in total. The zero-order valence-electron chi connectivity index (χ0n) is 9.98. The Balaban J connectivity index is 2.22. The fourth-order valence-corrected chi connectivity index (χ4v) is 2.11. The van der Waals surface area contributed by atoms with Gasteiger partial charge in [0.15, 0.2) is 0 Å². The van der Waals surface area contributed by atoms with Crippen molar-refractivity contribution in [3.8, 4) is 5.75 Å². The molecule has 2 aromatic rings. The fourth-order valence-electron chi connectivity index (χ4n) is 1.50. The minimum atomic E-state index is -0.295. The van der Waals surface area contributed by atoms with E-state index in [0.29, 0.717) is 22.0 Å². The number of rotatable bonds is 3. The maximum absolute atomic E-state index is 12.0. The van der Waals surface area contributed by atoms with Crippen molar-refractivity contribution in [1.29, 1.82) is 0 Å². The van der Waals surface area contributed by atoms with E-state index in [1.165, 1.54) is 12.4 Å². The first-order valence-corrected chi connectivity index (χ1v) is 6.53. The average molecular weight is 342 g/mol.